The van der Waals surface area contributed by atoms with Crippen molar-refractivity contribution in [2.45, 2.75) is 38.6 Å². The first-order valence-corrected chi connectivity index (χ1v) is 10.5. The Hall–Kier alpha value is -1.86. The molecule has 0 aliphatic carbocycles. The van der Waals surface area contributed by atoms with Crippen LogP contribution in [-0.4, -0.2) is 51.0 Å². The van der Waals surface area contributed by atoms with Crippen molar-refractivity contribution in [1.29, 1.82) is 0 Å². The van der Waals surface area contributed by atoms with Crippen LogP contribution in [0, 0.1) is 0 Å². The molecule has 0 atom stereocenters. The van der Waals surface area contributed by atoms with Crippen LogP contribution < -0.4 is 5.32 Å². The van der Waals surface area contributed by atoms with Crippen molar-refractivity contribution in [2.24, 2.45) is 0 Å². The van der Waals surface area contributed by atoms with Crippen LogP contribution in [0.5, 0.6) is 0 Å². The van der Waals surface area contributed by atoms with E-state index in [0.717, 1.165) is 36.7 Å². The van der Waals surface area contributed by atoms with Gasteiger partial charge in [-0.25, -0.2) is 4.98 Å². The Labute approximate surface area is 158 Å². The van der Waals surface area contributed by atoms with Gasteiger partial charge in [0, 0.05) is 29.6 Å². The predicted octanol–water partition coefficient (Wildman–Crippen LogP) is 2.82. The van der Waals surface area contributed by atoms with Crippen LogP contribution in [0.3, 0.4) is 0 Å². The molecule has 3 aliphatic heterocycles. The van der Waals surface area contributed by atoms with E-state index in [-0.39, 0.29) is 5.91 Å². The number of nitrogens with zero attached hydrogens (tertiary/aromatic N) is 4. The van der Waals surface area contributed by atoms with E-state index in [0.29, 0.717) is 18.2 Å². The van der Waals surface area contributed by atoms with Gasteiger partial charge in [0.1, 0.15) is 0 Å². The molecule has 1 N–H and O–H groups in total. The zero-order chi connectivity index (χ0) is 17.8. The SMILES string of the molecule is O=C1C=C(CN2CCCCCCC2)NCc2nc(C3=CC=CSC3)nn21. The van der Waals surface area contributed by atoms with Crippen molar-refractivity contribution in [3.05, 3.63) is 41.0 Å². The summed E-state index contributed by atoms with van der Waals surface area (Å²) in [6.45, 7) is 3.56. The van der Waals surface area contributed by atoms with Gasteiger partial charge in [-0.15, -0.1) is 16.9 Å². The smallest absolute Gasteiger partial charge is 0.274 e. The van der Waals surface area contributed by atoms with E-state index in [1.807, 2.05) is 12.2 Å². The molecule has 0 spiro atoms. The zero-order valence-corrected chi connectivity index (χ0v) is 15.8. The van der Waals surface area contributed by atoms with E-state index in [1.54, 1.807) is 17.8 Å². The second-order valence-corrected chi connectivity index (χ2v) is 7.89. The molecular formula is C19H25N5OS. The molecule has 4 rings (SSSR count). The van der Waals surface area contributed by atoms with Gasteiger partial charge in [0.2, 0.25) is 0 Å². The number of carbonyl (C=O) groups excluding carboxylic acids is 1. The third kappa shape index (κ3) is 4.10. The molecular weight excluding hydrogens is 346 g/mol. The van der Waals surface area contributed by atoms with Crippen LogP contribution in [0.25, 0.3) is 5.57 Å². The average Bonchev–Trinajstić information content (AvgIpc) is 3.01. The maximum Gasteiger partial charge on any atom is 0.274 e. The van der Waals surface area contributed by atoms with Gasteiger partial charge in [-0.2, -0.15) is 4.68 Å². The fraction of sp³-hybridized carbons (Fsp3) is 0.526. The van der Waals surface area contributed by atoms with Gasteiger partial charge in [-0.1, -0.05) is 31.4 Å². The summed E-state index contributed by atoms with van der Waals surface area (Å²) in [6, 6.07) is 0. The fourth-order valence-electron chi connectivity index (χ4n) is 3.57. The lowest BCUT2D eigenvalue weighted by atomic mass is 10.1. The monoisotopic (exact) mass is 371 g/mol. The molecule has 0 amide bonds. The van der Waals surface area contributed by atoms with E-state index < -0.39 is 0 Å². The van der Waals surface area contributed by atoms with E-state index in [9.17, 15) is 4.79 Å². The third-order valence-electron chi connectivity index (χ3n) is 5.00. The first-order chi connectivity index (χ1) is 12.8. The van der Waals surface area contributed by atoms with Gasteiger partial charge in [-0.3, -0.25) is 9.69 Å². The number of aromatic nitrogens is 3. The lowest BCUT2D eigenvalue weighted by Gasteiger charge is -2.25. The predicted molar refractivity (Wildman–Crippen MR) is 105 cm³/mol. The topological polar surface area (TPSA) is 63.1 Å². The van der Waals surface area contributed by atoms with Crippen LogP contribution in [0.4, 0.5) is 0 Å². The fourth-order valence-corrected chi connectivity index (χ4v) is 4.27. The average molecular weight is 372 g/mol. The maximum atomic E-state index is 12.7. The van der Waals surface area contributed by atoms with Gasteiger partial charge in [-0.05, 0) is 31.3 Å². The summed E-state index contributed by atoms with van der Waals surface area (Å²) in [5.41, 5.74) is 2.04. The summed E-state index contributed by atoms with van der Waals surface area (Å²) in [4.78, 5) is 19.7. The number of likely N-dealkylation sites (tertiary alicyclic amines) is 1. The van der Waals surface area contributed by atoms with Crippen molar-refractivity contribution >= 4 is 23.2 Å². The van der Waals surface area contributed by atoms with Crippen molar-refractivity contribution in [3.63, 3.8) is 0 Å². The van der Waals surface area contributed by atoms with Gasteiger partial charge >= 0.3 is 0 Å². The maximum absolute atomic E-state index is 12.7. The Bertz CT molecular complexity index is 756. The highest BCUT2D eigenvalue weighted by molar-refractivity contribution is 8.02. The normalized spacial score (nSPS) is 21.8. The van der Waals surface area contributed by atoms with Crippen LogP contribution in [-0.2, 0) is 6.54 Å². The molecule has 7 heteroatoms. The number of thioether (sulfide) groups is 1. The Kier molecular flexibility index (Phi) is 5.55. The zero-order valence-electron chi connectivity index (χ0n) is 15.0. The summed E-state index contributed by atoms with van der Waals surface area (Å²) in [7, 11) is 0. The third-order valence-corrected chi connectivity index (χ3v) is 5.82. The molecule has 3 aliphatic rings. The molecule has 0 aromatic carbocycles. The summed E-state index contributed by atoms with van der Waals surface area (Å²) in [5.74, 6) is 2.08. The minimum atomic E-state index is -0.106. The molecule has 0 bridgehead atoms. The van der Waals surface area contributed by atoms with Crippen LogP contribution in [0.1, 0.15) is 48.5 Å². The van der Waals surface area contributed by atoms with E-state index in [4.69, 9.17) is 0 Å². The van der Waals surface area contributed by atoms with E-state index >= 15 is 0 Å². The first kappa shape index (κ1) is 17.5. The number of hydrogen-bond acceptors (Lipinski definition) is 6. The van der Waals surface area contributed by atoms with Crippen molar-refractivity contribution in [2.75, 3.05) is 25.4 Å². The lowest BCUT2D eigenvalue weighted by Crippen LogP contribution is -2.32. The van der Waals surface area contributed by atoms with Gasteiger partial charge in [0.15, 0.2) is 11.6 Å². The van der Waals surface area contributed by atoms with E-state index in [1.165, 1.54) is 36.8 Å². The molecule has 0 saturated carbocycles. The van der Waals surface area contributed by atoms with E-state index in [2.05, 4.69) is 25.7 Å². The lowest BCUT2D eigenvalue weighted by molar-refractivity contribution is 0.0950. The second kappa shape index (κ2) is 8.22. The minimum Gasteiger partial charge on any atom is -0.380 e. The Morgan fingerprint density at radius 2 is 1.96 bits per heavy atom. The number of fused-ring (bicyclic) bond motifs is 1. The largest absolute Gasteiger partial charge is 0.380 e. The number of nitrogens with one attached hydrogen (secondary N) is 1. The molecule has 4 heterocycles. The highest BCUT2D eigenvalue weighted by Gasteiger charge is 2.21. The molecule has 0 radical (unpaired) electrons. The Balaban J connectivity index is 1.47. The number of allylic oxidation sites excluding steroid dienone is 3. The molecule has 1 saturated heterocycles. The molecule has 0 unspecified atom stereocenters. The second-order valence-electron chi connectivity index (χ2n) is 7.00. The first-order valence-electron chi connectivity index (χ1n) is 9.44. The van der Waals surface area contributed by atoms with Crippen molar-refractivity contribution in [3.8, 4) is 0 Å². The standard InChI is InChI=1S/C19H25N5OS/c25-18-11-16(13-23-8-4-2-1-3-5-9-23)20-12-17-21-19(22-24(17)18)15-7-6-10-26-14-15/h6-7,10-11,20H,1-5,8-9,12-14H2. The van der Waals surface area contributed by atoms with Crippen LogP contribution >= 0.6 is 11.8 Å². The summed E-state index contributed by atoms with van der Waals surface area (Å²) >= 11 is 1.72. The molecule has 1 aromatic heterocycles. The molecule has 1 aromatic rings. The number of hydrogen-bond donors (Lipinski definition) is 1. The van der Waals surface area contributed by atoms with Crippen molar-refractivity contribution in [1.82, 2.24) is 25.0 Å². The Morgan fingerprint density at radius 3 is 2.73 bits per heavy atom. The minimum absolute atomic E-state index is 0.106. The highest BCUT2D eigenvalue weighted by Crippen LogP contribution is 2.22. The summed E-state index contributed by atoms with van der Waals surface area (Å²) in [6.07, 6.45) is 12.2. The summed E-state index contributed by atoms with van der Waals surface area (Å²) < 4.78 is 1.45. The van der Waals surface area contributed by atoms with Gasteiger partial charge < -0.3 is 5.32 Å². The molecule has 138 valence electrons. The molecule has 1 fully saturated rings. The highest BCUT2D eigenvalue weighted by atomic mass is 32.2. The number of carbonyl (C=O) groups is 1. The quantitative estimate of drug-likeness (QED) is 0.882. The van der Waals surface area contributed by atoms with Crippen molar-refractivity contribution < 1.29 is 4.79 Å². The van der Waals surface area contributed by atoms with Gasteiger partial charge in [0.05, 0.1) is 6.54 Å². The summed E-state index contributed by atoms with van der Waals surface area (Å²) in [5, 5.41) is 9.92. The van der Waals surface area contributed by atoms with Crippen LogP contribution in [0.15, 0.2) is 29.3 Å². The number of rotatable bonds is 3. The van der Waals surface area contributed by atoms with Crippen LogP contribution in [0.2, 0.25) is 0 Å². The Morgan fingerprint density at radius 1 is 1.15 bits per heavy atom. The van der Waals surface area contributed by atoms with Gasteiger partial charge in [0.25, 0.3) is 5.91 Å². The molecule has 6 nitrogen and oxygen atoms in total. The molecule has 26 heavy (non-hydrogen) atoms.